The average molecular weight is 385 g/mol. The Bertz CT molecular complexity index is 938. The Labute approximate surface area is 160 Å². The standard InChI is InChI=1S/C21H24N2O3S/c24-21(19-10-12-27(25,26)15-19)22-13-16-5-7-17(8-6-16)14-23-11-9-18-3-1-2-4-20(18)23/h1-8,19H,9-15H2,(H,22,24). The van der Waals surface area contributed by atoms with E-state index in [1.54, 1.807) is 0 Å². The molecule has 6 heteroatoms. The number of hydrogen-bond acceptors (Lipinski definition) is 4. The molecule has 2 aliphatic heterocycles. The van der Waals surface area contributed by atoms with Crippen LogP contribution in [0.2, 0.25) is 0 Å². The van der Waals surface area contributed by atoms with E-state index in [1.807, 2.05) is 12.1 Å². The summed E-state index contributed by atoms with van der Waals surface area (Å²) in [5.74, 6) is -0.451. The summed E-state index contributed by atoms with van der Waals surface area (Å²) in [6.07, 6.45) is 1.53. The van der Waals surface area contributed by atoms with Crippen LogP contribution >= 0.6 is 0 Å². The van der Waals surface area contributed by atoms with Crippen LogP contribution < -0.4 is 10.2 Å². The first kappa shape index (κ1) is 18.0. The number of sulfone groups is 1. The van der Waals surface area contributed by atoms with Gasteiger partial charge in [0.1, 0.15) is 0 Å². The van der Waals surface area contributed by atoms with Gasteiger partial charge in [-0.05, 0) is 35.6 Å². The number of para-hydroxylation sites is 1. The predicted octanol–water partition coefficient (Wildman–Crippen LogP) is 2.30. The molecule has 0 saturated carbocycles. The molecule has 142 valence electrons. The molecule has 0 radical (unpaired) electrons. The molecule has 2 heterocycles. The van der Waals surface area contributed by atoms with Crippen LogP contribution in [0.15, 0.2) is 48.5 Å². The lowest BCUT2D eigenvalue weighted by molar-refractivity contribution is -0.124. The molecule has 1 amide bonds. The summed E-state index contributed by atoms with van der Waals surface area (Å²) < 4.78 is 23.0. The van der Waals surface area contributed by atoms with Crippen molar-refractivity contribution in [2.45, 2.75) is 25.9 Å². The van der Waals surface area contributed by atoms with Crippen molar-refractivity contribution in [2.24, 2.45) is 5.92 Å². The highest BCUT2D eigenvalue weighted by molar-refractivity contribution is 7.91. The van der Waals surface area contributed by atoms with Gasteiger partial charge in [-0.2, -0.15) is 0 Å². The van der Waals surface area contributed by atoms with Crippen LogP contribution in [0.1, 0.15) is 23.1 Å². The van der Waals surface area contributed by atoms with Crippen LogP contribution in [0, 0.1) is 5.92 Å². The Balaban J connectivity index is 1.31. The quantitative estimate of drug-likeness (QED) is 0.859. The summed E-state index contributed by atoms with van der Waals surface area (Å²) in [7, 11) is -3.03. The zero-order valence-electron chi connectivity index (χ0n) is 15.2. The lowest BCUT2D eigenvalue weighted by Gasteiger charge is -2.19. The first-order chi connectivity index (χ1) is 13.0. The molecule has 2 aromatic rings. The van der Waals surface area contributed by atoms with Crippen LogP contribution in [0.5, 0.6) is 0 Å². The normalized spacial score (nSPS) is 20.4. The van der Waals surface area contributed by atoms with Crippen LogP contribution in [0.25, 0.3) is 0 Å². The van der Waals surface area contributed by atoms with E-state index in [4.69, 9.17) is 0 Å². The van der Waals surface area contributed by atoms with Gasteiger partial charge >= 0.3 is 0 Å². The summed E-state index contributed by atoms with van der Waals surface area (Å²) in [4.78, 5) is 14.5. The Kier molecular flexibility index (Phi) is 4.91. The minimum Gasteiger partial charge on any atom is -0.367 e. The maximum absolute atomic E-state index is 12.1. The van der Waals surface area contributed by atoms with E-state index in [1.165, 1.54) is 16.8 Å². The number of fused-ring (bicyclic) bond motifs is 1. The van der Waals surface area contributed by atoms with Gasteiger partial charge in [-0.15, -0.1) is 0 Å². The number of rotatable bonds is 5. The fraction of sp³-hybridized carbons (Fsp3) is 0.381. The van der Waals surface area contributed by atoms with Gasteiger partial charge in [-0.1, -0.05) is 42.5 Å². The predicted molar refractivity (Wildman–Crippen MR) is 106 cm³/mol. The third-order valence-corrected chi connectivity index (χ3v) is 7.22. The van der Waals surface area contributed by atoms with Crippen molar-refractivity contribution in [1.82, 2.24) is 5.32 Å². The summed E-state index contributed by atoms with van der Waals surface area (Å²) in [6, 6.07) is 16.8. The van der Waals surface area contributed by atoms with Crippen molar-refractivity contribution in [3.63, 3.8) is 0 Å². The minimum atomic E-state index is -3.03. The number of nitrogens with zero attached hydrogens (tertiary/aromatic N) is 1. The molecule has 2 aliphatic rings. The van der Waals surface area contributed by atoms with E-state index >= 15 is 0 Å². The molecule has 0 aliphatic carbocycles. The van der Waals surface area contributed by atoms with Crippen molar-refractivity contribution in [3.8, 4) is 0 Å². The highest BCUT2D eigenvalue weighted by Gasteiger charge is 2.32. The second-order valence-electron chi connectivity index (χ2n) is 7.43. The first-order valence-electron chi connectivity index (χ1n) is 9.39. The van der Waals surface area contributed by atoms with Gasteiger partial charge < -0.3 is 10.2 Å². The van der Waals surface area contributed by atoms with E-state index in [9.17, 15) is 13.2 Å². The van der Waals surface area contributed by atoms with Gasteiger partial charge in [0.25, 0.3) is 0 Å². The van der Waals surface area contributed by atoms with Gasteiger partial charge in [0.15, 0.2) is 9.84 Å². The van der Waals surface area contributed by atoms with Crippen molar-refractivity contribution in [1.29, 1.82) is 0 Å². The van der Waals surface area contributed by atoms with Crippen LogP contribution in [-0.4, -0.2) is 32.4 Å². The molecule has 1 fully saturated rings. The molecule has 1 N–H and O–H groups in total. The second kappa shape index (κ2) is 7.35. The highest BCUT2D eigenvalue weighted by Crippen LogP contribution is 2.28. The van der Waals surface area contributed by atoms with E-state index in [2.05, 4.69) is 46.6 Å². The summed E-state index contributed by atoms with van der Waals surface area (Å²) >= 11 is 0. The number of anilines is 1. The molecule has 0 aromatic heterocycles. The first-order valence-corrected chi connectivity index (χ1v) is 11.2. The molecular formula is C21H24N2O3S. The molecule has 1 atom stereocenters. The van der Waals surface area contributed by atoms with Crippen molar-refractivity contribution in [2.75, 3.05) is 23.0 Å². The number of amides is 1. The van der Waals surface area contributed by atoms with E-state index < -0.39 is 15.8 Å². The topological polar surface area (TPSA) is 66.5 Å². The largest absolute Gasteiger partial charge is 0.367 e. The fourth-order valence-corrected chi connectivity index (χ4v) is 5.63. The number of hydrogen-bond donors (Lipinski definition) is 1. The molecular weight excluding hydrogens is 360 g/mol. The summed E-state index contributed by atoms with van der Waals surface area (Å²) in [5, 5.41) is 2.87. The molecule has 1 saturated heterocycles. The number of benzene rings is 2. The van der Waals surface area contributed by atoms with Crippen molar-refractivity contribution in [3.05, 3.63) is 65.2 Å². The molecule has 27 heavy (non-hydrogen) atoms. The van der Waals surface area contributed by atoms with Gasteiger partial charge in [-0.3, -0.25) is 4.79 Å². The van der Waals surface area contributed by atoms with Gasteiger partial charge in [0.2, 0.25) is 5.91 Å². The van der Waals surface area contributed by atoms with Crippen molar-refractivity contribution < 1.29 is 13.2 Å². The fourth-order valence-electron chi connectivity index (χ4n) is 3.89. The zero-order chi connectivity index (χ0) is 18.9. The van der Waals surface area contributed by atoms with Crippen molar-refractivity contribution >= 4 is 21.4 Å². The SMILES string of the molecule is O=C(NCc1ccc(CN2CCc3ccccc32)cc1)C1CCS(=O)(=O)C1. The summed E-state index contributed by atoms with van der Waals surface area (Å²) in [6.45, 7) is 2.35. The molecule has 0 spiro atoms. The van der Waals surface area contributed by atoms with Gasteiger partial charge in [0.05, 0.1) is 17.4 Å². The lowest BCUT2D eigenvalue weighted by Crippen LogP contribution is -2.30. The molecule has 1 unspecified atom stereocenters. The Morgan fingerprint density at radius 2 is 1.81 bits per heavy atom. The maximum atomic E-state index is 12.1. The average Bonchev–Trinajstić information content (AvgIpc) is 3.24. The van der Waals surface area contributed by atoms with E-state index in [0.29, 0.717) is 13.0 Å². The van der Waals surface area contributed by atoms with Crippen LogP contribution in [-0.2, 0) is 34.1 Å². The number of carbonyl (C=O) groups excluding carboxylic acids is 1. The third-order valence-electron chi connectivity index (χ3n) is 5.45. The van der Waals surface area contributed by atoms with E-state index in [-0.39, 0.29) is 17.4 Å². The number of nitrogens with one attached hydrogen (secondary N) is 1. The lowest BCUT2D eigenvalue weighted by atomic mass is 10.1. The zero-order valence-corrected chi connectivity index (χ0v) is 16.0. The van der Waals surface area contributed by atoms with Crippen LogP contribution in [0.4, 0.5) is 5.69 Å². The number of carbonyl (C=O) groups is 1. The maximum Gasteiger partial charge on any atom is 0.224 e. The molecule has 0 bridgehead atoms. The minimum absolute atomic E-state index is 0.0188. The Morgan fingerprint density at radius 1 is 1.07 bits per heavy atom. The van der Waals surface area contributed by atoms with Gasteiger partial charge in [-0.25, -0.2) is 8.42 Å². The highest BCUT2D eigenvalue weighted by atomic mass is 32.2. The Hall–Kier alpha value is -2.34. The molecule has 5 nitrogen and oxygen atoms in total. The van der Waals surface area contributed by atoms with E-state index in [0.717, 1.165) is 25.1 Å². The second-order valence-corrected chi connectivity index (χ2v) is 9.66. The monoisotopic (exact) mass is 384 g/mol. The Morgan fingerprint density at radius 3 is 2.56 bits per heavy atom. The van der Waals surface area contributed by atoms with Crippen LogP contribution in [0.3, 0.4) is 0 Å². The molecule has 2 aromatic carbocycles. The van der Waals surface area contributed by atoms with Gasteiger partial charge in [0, 0.05) is 25.3 Å². The third kappa shape index (κ3) is 4.16. The summed E-state index contributed by atoms with van der Waals surface area (Å²) in [5.41, 5.74) is 4.99. The molecule has 4 rings (SSSR count). The smallest absolute Gasteiger partial charge is 0.224 e.